The number of aryl methyl sites for hydroxylation is 1. The second-order valence-corrected chi connectivity index (χ2v) is 3.67. The molecule has 1 amide bonds. The Balaban J connectivity index is 2.64. The topological polar surface area (TPSA) is 40.5 Å². The van der Waals surface area contributed by atoms with E-state index in [0.29, 0.717) is 6.54 Å². The molecule has 0 aromatic carbocycles. The molecule has 1 aromatic rings. The number of thiophene rings is 1. The molecule has 0 aliphatic carbocycles. The van der Waals surface area contributed by atoms with Gasteiger partial charge >= 0.3 is 6.09 Å². The van der Waals surface area contributed by atoms with Crippen LogP contribution in [0.3, 0.4) is 0 Å². The van der Waals surface area contributed by atoms with Crippen molar-refractivity contribution in [3.63, 3.8) is 0 Å². The van der Waals surface area contributed by atoms with Crippen molar-refractivity contribution in [2.45, 2.75) is 13.5 Å². The van der Waals surface area contributed by atoms with Gasteiger partial charge in [-0.3, -0.25) is 0 Å². The van der Waals surface area contributed by atoms with Gasteiger partial charge in [-0.25, -0.2) is 4.79 Å². The highest BCUT2D eigenvalue weighted by Crippen LogP contribution is 2.16. The molecule has 1 N–H and O–H groups in total. The summed E-state index contributed by atoms with van der Waals surface area (Å²) in [5.74, 6) is 0. The zero-order chi connectivity index (χ0) is 9.14. The minimum atomic E-state index is -0.886. The van der Waals surface area contributed by atoms with Crippen LogP contribution in [0.1, 0.15) is 10.4 Å². The standard InChI is InChI=1S/C8H11NO2S/c1-6-3-4-12-7(6)5-9(2)8(10)11/h3-4H,5H2,1-2H3,(H,10,11). The van der Waals surface area contributed by atoms with Crippen LogP contribution < -0.4 is 0 Å². The summed E-state index contributed by atoms with van der Waals surface area (Å²) < 4.78 is 0. The SMILES string of the molecule is Cc1ccsc1CN(C)C(=O)O. The molecule has 0 aliphatic rings. The molecule has 0 fully saturated rings. The smallest absolute Gasteiger partial charge is 0.407 e. The Kier molecular flexibility index (Phi) is 2.70. The van der Waals surface area contributed by atoms with Crippen LogP contribution in [0.2, 0.25) is 0 Å². The number of carboxylic acid groups (broad SMARTS) is 1. The van der Waals surface area contributed by atoms with Crippen LogP contribution in [0.25, 0.3) is 0 Å². The van der Waals surface area contributed by atoms with Crippen molar-refractivity contribution in [2.24, 2.45) is 0 Å². The predicted molar refractivity (Wildman–Crippen MR) is 48.5 cm³/mol. The van der Waals surface area contributed by atoms with Crippen molar-refractivity contribution in [3.05, 3.63) is 21.9 Å². The largest absolute Gasteiger partial charge is 0.465 e. The van der Waals surface area contributed by atoms with E-state index in [1.54, 1.807) is 18.4 Å². The molecule has 0 aliphatic heterocycles. The van der Waals surface area contributed by atoms with E-state index in [4.69, 9.17) is 5.11 Å². The second-order valence-electron chi connectivity index (χ2n) is 2.67. The van der Waals surface area contributed by atoms with Gasteiger partial charge in [0.1, 0.15) is 0 Å². The lowest BCUT2D eigenvalue weighted by molar-refractivity contribution is 0.154. The van der Waals surface area contributed by atoms with E-state index < -0.39 is 6.09 Å². The summed E-state index contributed by atoms with van der Waals surface area (Å²) in [6.45, 7) is 2.47. The zero-order valence-corrected chi connectivity index (χ0v) is 7.89. The second kappa shape index (κ2) is 3.58. The Morgan fingerprint density at radius 1 is 1.75 bits per heavy atom. The van der Waals surface area contributed by atoms with Crippen molar-refractivity contribution in [1.29, 1.82) is 0 Å². The van der Waals surface area contributed by atoms with Gasteiger partial charge in [-0.1, -0.05) is 0 Å². The molecule has 0 saturated heterocycles. The average molecular weight is 185 g/mol. The zero-order valence-electron chi connectivity index (χ0n) is 7.07. The van der Waals surface area contributed by atoms with Gasteiger partial charge < -0.3 is 10.0 Å². The molecule has 4 heteroatoms. The maximum Gasteiger partial charge on any atom is 0.407 e. The molecule has 1 aromatic heterocycles. The van der Waals surface area contributed by atoms with E-state index in [-0.39, 0.29) is 0 Å². The molecule has 0 atom stereocenters. The molecule has 0 bridgehead atoms. The first kappa shape index (κ1) is 9.06. The van der Waals surface area contributed by atoms with Crippen LogP contribution in [-0.2, 0) is 6.54 Å². The van der Waals surface area contributed by atoms with E-state index in [1.165, 1.54) is 4.90 Å². The highest BCUT2D eigenvalue weighted by atomic mass is 32.1. The van der Waals surface area contributed by atoms with Crippen LogP contribution in [0.15, 0.2) is 11.4 Å². The third-order valence-corrected chi connectivity index (χ3v) is 2.68. The summed E-state index contributed by atoms with van der Waals surface area (Å²) in [4.78, 5) is 12.9. The molecular formula is C8H11NO2S. The molecule has 0 spiro atoms. The van der Waals surface area contributed by atoms with E-state index >= 15 is 0 Å². The van der Waals surface area contributed by atoms with Crippen LogP contribution in [0.5, 0.6) is 0 Å². The van der Waals surface area contributed by atoms with Gasteiger partial charge in [0.05, 0.1) is 6.54 Å². The molecule has 66 valence electrons. The first-order valence-corrected chi connectivity index (χ1v) is 4.46. The van der Waals surface area contributed by atoms with Crippen molar-refractivity contribution in [2.75, 3.05) is 7.05 Å². The molecule has 3 nitrogen and oxygen atoms in total. The Hall–Kier alpha value is -1.03. The minimum absolute atomic E-state index is 0.485. The lowest BCUT2D eigenvalue weighted by atomic mass is 10.3. The first-order valence-electron chi connectivity index (χ1n) is 3.58. The summed E-state index contributed by atoms with van der Waals surface area (Å²) >= 11 is 1.59. The quantitative estimate of drug-likeness (QED) is 0.767. The number of nitrogens with zero attached hydrogens (tertiary/aromatic N) is 1. The monoisotopic (exact) mass is 185 g/mol. The fourth-order valence-corrected chi connectivity index (χ4v) is 1.81. The fourth-order valence-electron chi connectivity index (χ4n) is 0.849. The number of rotatable bonds is 2. The highest BCUT2D eigenvalue weighted by molar-refractivity contribution is 7.10. The lowest BCUT2D eigenvalue weighted by Gasteiger charge is -2.11. The summed E-state index contributed by atoms with van der Waals surface area (Å²) in [6.07, 6.45) is -0.886. The Labute approximate surface area is 75.2 Å². The van der Waals surface area contributed by atoms with E-state index in [0.717, 1.165) is 10.4 Å². The van der Waals surface area contributed by atoms with Gasteiger partial charge in [-0.2, -0.15) is 0 Å². The molecule has 0 radical (unpaired) electrons. The molecule has 0 unspecified atom stereocenters. The van der Waals surface area contributed by atoms with Gasteiger partial charge in [0.15, 0.2) is 0 Å². The maximum absolute atomic E-state index is 10.5. The third-order valence-electron chi connectivity index (χ3n) is 1.68. The maximum atomic E-state index is 10.5. The van der Waals surface area contributed by atoms with Crippen molar-refractivity contribution >= 4 is 17.4 Å². The summed E-state index contributed by atoms with van der Waals surface area (Å²) in [6, 6.07) is 2.00. The summed E-state index contributed by atoms with van der Waals surface area (Å²) in [5, 5.41) is 10.6. The summed E-state index contributed by atoms with van der Waals surface area (Å²) in [7, 11) is 1.57. The Morgan fingerprint density at radius 2 is 2.42 bits per heavy atom. The Bertz CT molecular complexity index is 282. The first-order chi connectivity index (χ1) is 5.61. The number of carbonyl (C=O) groups is 1. The normalized spacial score (nSPS) is 9.83. The van der Waals surface area contributed by atoms with Gasteiger partial charge in [0.25, 0.3) is 0 Å². The predicted octanol–water partition coefficient (Wildman–Crippen LogP) is 2.17. The van der Waals surface area contributed by atoms with Crippen LogP contribution in [0.4, 0.5) is 4.79 Å². The molecule has 1 rings (SSSR count). The summed E-state index contributed by atoms with van der Waals surface area (Å²) in [5.41, 5.74) is 1.16. The fraction of sp³-hybridized carbons (Fsp3) is 0.375. The molecule has 0 saturated carbocycles. The average Bonchev–Trinajstić information content (AvgIpc) is 2.36. The van der Waals surface area contributed by atoms with Crippen molar-refractivity contribution in [3.8, 4) is 0 Å². The van der Waals surface area contributed by atoms with Crippen LogP contribution in [0, 0.1) is 6.92 Å². The van der Waals surface area contributed by atoms with Crippen LogP contribution >= 0.6 is 11.3 Å². The Morgan fingerprint density at radius 3 is 2.83 bits per heavy atom. The minimum Gasteiger partial charge on any atom is -0.465 e. The number of amides is 1. The molecule has 1 heterocycles. The molecule has 12 heavy (non-hydrogen) atoms. The van der Waals surface area contributed by atoms with Gasteiger partial charge in [0.2, 0.25) is 0 Å². The third kappa shape index (κ3) is 1.98. The van der Waals surface area contributed by atoms with Crippen molar-refractivity contribution in [1.82, 2.24) is 4.90 Å². The van der Waals surface area contributed by atoms with Crippen LogP contribution in [-0.4, -0.2) is 23.1 Å². The van der Waals surface area contributed by atoms with E-state index in [1.807, 2.05) is 18.4 Å². The molecular weight excluding hydrogens is 174 g/mol. The van der Waals surface area contributed by atoms with E-state index in [9.17, 15) is 4.79 Å². The van der Waals surface area contributed by atoms with E-state index in [2.05, 4.69) is 0 Å². The van der Waals surface area contributed by atoms with Crippen molar-refractivity contribution < 1.29 is 9.90 Å². The van der Waals surface area contributed by atoms with Gasteiger partial charge in [-0.05, 0) is 23.9 Å². The lowest BCUT2D eigenvalue weighted by Crippen LogP contribution is -2.23. The van der Waals surface area contributed by atoms with Gasteiger partial charge in [-0.15, -0.1) is 11.3 Å². The highest BCUT2D eigenvalue weighted by Gasteiger charge is 2.08. The van der Waals surface area contributed by atoms with Gasteiger partial charge in [0, 0.05) is 11.9 Å². The number of hydrogen-bond donors (Lipinski definition) is 1. The number of hydrogen-bond acceptors (Lipinski definition) is 2.